The summed E-state index contributed by atoms with van der Waals surface area (Å²) in [6, 6.07) is 17.2. The molecule has 0 aliphatic rings. The summed E-state index contributed by atoms with van der Waals surface area (Å²) in [5.74, 6) is -0.487. The van der Waals surface area contributed by atoms with Crippen LogP contribution in [0.5, 0.6) is 0 Å². The van der Waals surface area contributed by atoms with Crippen molar-refractivity contribution in [1.82, 2.24) is 0 Å². The Bertz CT molecular complexity index is 734. The third kappa shape index (κ3) is 2.77. The Morgan fingerprint density at radius 2 is 0.909 bits per heavy atom. The molecule has 0 bridgehead atoms. The van der Waals surface area contributed by atoms with Crippen LogP contribution in [-0.2, 0) is 0 Å². The van der Waals surface area contributed by atoms with Gasteiger partial charge in [0.2, 0.25) is 0 Å². The second kappa shape index (κ2) is 5.72. The smallest absolute Gasteiger partial charge is 0.123 e. The van der Waals surface area contributed by atoms with Crippen LogP contribution in [-0.4, -0.2) is 0 Å². The lowest BCUT2D eigenvalue weighted by Crippen LogP contribution is -1.90. The predicted octanol–water partition coefficient (Wildman–Crippen LogP) is 5.92. The molecule has 0 amide bonds. The Morgan fingerprint density at radius 1 is 0.545 bits per heavy atom. The van der Waals surface area contributed by atoms with Crippen molar-refractivity contribution in [2.24, 2.45) is 0 Å². The van der Waals surface area contributed by atoms with Crippen molar-refractivity contribution in [1.29, 1.82) is 0 Å². The van der Waals surface area contributed by atoms with Gasteiger partial charge < -0.3 is 0 Å². The van der Waals surface area contributed by atoms with Crippen LogP contribution in [0.25, 0.3) is 22.3 Å². The van der Waals surface area contributed by atoms with Crippen molar-refractivity contribution in [3.63, 3.8) is 0 Å². The van der Waals surface area contributed by atoms with Crippen molar-refractivity contribution in [3.8, 4) is 22.3 Å². The van der Waals surface area contributed by atoms with Crippen LogP contribution < -0.4 is 0 Å². The van der Waals surface area contributed by atoms with Crippen LogP contribution in [0.4, 0.5) is 8.78 Å². The fraction of sp³-hybridized carbons (Fsp3) is 0.100. The standard InChI is InChI=1S/C20H16F2/c1-13-11-14(2)20(16-5-9-18(22)10-6-16)12-19(13)15-3-7-17(21)8-4-15/h3-12H,1-2H3. The summed E-state index contributed by atoms with van der Waals surface area (Å²) >= 11 is 0. The highest BCUT2D eigenvalue weighted by molar-refractivity contribution is 5.77. The van der Waals surface area contributed by atoms with Gasteiger partial charge in [-0.3, -0.25) is 0 Å². The van der Waals surface area contributed by atoms with Crippen LogP contribution in [0.3, 0.4) is 0 Å². The van der Waals surface area contributed by atoms with E-state index in [2.05, 4.69) is 12.1 Å². The maximum atomic E-state index is 13.1. The van der Waals surface area contributed by atoms with E-state index in [4.69, 9.17) is 0 Å². The first-order valence-corrected chi connectivity index (χ1v) is 7.18. The van der Waals surface area contributed by atoms with Gasteiger partial charge in [-0.1, -0.05) is 30.3 Å². The predicted molar refractivity (Wildman–Crippen MR) is 86.7 cm³/mol. The van der Waals surface area contributed by atoms with E-state index < -0.39 is 0 Å². The highest BCUT2D eigenvalue weighted by atomic mass is 19.1. The lowest BCUT2D eigenvalue weighted by atomic mass is 9.92. The summed E-state index contributed by atoms with van der Waals surface area (Å²) in [5, 5.41) is 0. The average Bonchev–Trinajstić information content (AvgIpc) is 2.50. The summed E-state index contributed by atoms with van der Waals surface area (Å²) in [5.41, 5.74) is 6.34. The van der Waals surface area contributed by atoms with Crippen LogP contribution >= 0.6 is 0 Å². The maximum absolute atomic E-state index is 13.1. The minimum absolute atomic E-state index is 0.243. The third-order valence-electron chi connectivity index (χ3n) is 3.88. The molecule has 0 aliphatic heterocycles. The molecule has 0 spiro atoms. The Kier molecular flexibility index (Phi) is 3.76. The molecular weight excluding hydrogens is 278 g/mol. The molecule has 110 valence electrons. The highest BCUT2D eigenvalue weighted by Crippen LogP contribution is 2.32. The summed E-state index contributed by atoms with van der Waals surface area (Å²) in [6.45, 7) is 4.08. The van der Waals surface area contributed by atoms with Gasteiger partial charge in [-0.25, -0.2) is 8.78 Å². The van der Waals surface area contributed by atoms with Gasteiger partial charge in [0.15, 0.2) is 0 Å². The molecule has 0 aromatic heterocycles. The first-order valence-electron chi connectivity index (χ1n) is 7.18. The van der Waals surface area contributed by atoms with E-state index in [1.54, 1.807) is 24.3 Å². The van der Waals surface area contributed by atoms with Crippen molar-refractivity contribution in [3.05, 3.63) is 83.4 Å². The number of hydrogen-bond donors (Lipinski definition) is 0. The van der Waals surface area contributed by atoms with Crippen LogP contribution in [0.1, 0.15) is 11.1 Å². The van der Waals surface area contributed by atoms with Crippen LogP contribution in [0.2, 0.25) is 0 Å². The first-order chi connectivity index (χ1) is 10.5. The molecule has 2 heteroatoms. The molecule has 3 aromatic rings. The van der Waals surface area contributed by atoms with Gasteiger partial charge in [-0.2, -0.15) is 0 Å². The number of hydrogen-bond acceptors (Lipinski definition) is 0. The molecule has 0 N–H and O–H groups in total. The molecule has 0 nitrogen and oxygen atoms in total. The molecule has 3 aromatic carbocycles. The molecule has 0 saturated carbocycles. The summed E-state index contributed by atoms with van der Waals surface area (Å²) in [4.78, 5) is 0. The molecule has 22 heavy (non-hydrogen) atoms. The normalized spacial score (nSPS) is 10.7. The van der Waals surface area contributed by atoms with E-state index in [1.165, 1.54) is 24.3 Å². The molecule has 0 heterocycles. The van der Waals surface area contributed by atoms with Crippen molar-refractivity contribution < 1.29 is 8.78 Å². The lowest BCUT2D eigenvalue weighted by molar-refractivity contribution is 0.627. The van der Waals surface area contributed by atoms with Gasteiger partial charge in [0.25, 0.3) is 0 Å². The topological polar surface area (TPSA) is 0 Å². The van der Waals surface area contributed by atoms with Crippen molar-refractivity contribution in [2.45, 2.75) is 13.8 Å². The number of aryl methyl sites for hydroxylation is 2. The summed E-state index contributed by atoms with van der Waals surface area (Å²) in [7, 11) is 0. The minimum atomic E-state index is -0.243. The number of benzene rings is 3. The fourth-order valence-electron chi connectivity index (χ4n) is 2.73. The average molecular weight is 294 g/mol. The molecule has 0 fully saturated rings. The quantitative estimate of drug-likeness (QED) is 0.550. The van der Waals surface area contributed by atoms with Gasteiger partial charge >= 0.3 is 0 Å². The second-order valence-corrected chi connectivity index (χ2v) is 5.50. The zero-order valence-corrected chi connectivity index (χ0v) is 12.5. The lowest BCUT2D eigenvalue weighted by Gasteiger charge is -2.13. The Hall–Kier alpha value is -2.48. The first kappa shape index (κ1) is 14.5. The van der Waals surface area contributed by atoms with E-state index >= 15 is 0 Å². The Labute approximate surface area is 129 Å². The monoisotopic (exact) mass is 294 g/mol. The SMILES string of the molecule is Cc1cc(C)c(-c2ccc(F)cc2)cc1-c1ccc(F)cc1. The second-order valence-electron chi connectivity index (χ2n) is 5.50. The Balaban J connectivity index is 2.14. The van der Waals surface area contributed by atoms with Crippen molar-refractivity contribution in [2.75, 3.05) is 0 Å². The molecular formula is C20H16F2. The number of halogens is 2. The summed E-state index contributed by atoms with van der Waals surface area (Å²) < 4.78 is 26.2. The van der Waals surface area contributed by atoms with Gasteiger partial charge in [-0.15, -0.1) is 0 Å². The maximum Gasteiger partial charge on any atom is 0.123 e. The minimum Gasteiger partial charge on any atom is -0.207 e. The van der Waals surface area contributed by atoms with Gasteiger partial charge in [-0.05, 0) is 77.6 Å². The zero-order chi connectivity index (χ0) is 15.7. The summed E-state index contributed by atoms with van der Waals surface area (Å²) in [6.07, 6.45) is 0. The number of rotatable bonds is 2. The van der Waals surface area contributed by atoms with E-state index in [9.17, 15) is 8.78 Å². The van der Waals surface area contributed by atoms with E-state index in [0.717, 1.165) is 33.4 Å². The Morgan fingerprint density at radius 3 is 1.27 bits per heavy atom. The molecule has 0 saturated heterocycles. The van der Waals surface area contributed by atoms with Gasteiger partial charge in [0, 0.05) is 0 Å². The highest BCUT2D eigenvalue weighted by Gasteiger charge is 2.09. The van der Waals surface area contributed by atoms with Gasteiger partial charge in [0.05, 0.1) is 0 Å². The van der Waals surface area contributed by atoms with Crippen LogP contribution in [0.15, 0.2) is 60.7 Å². The third-order valence-corrected chi connectivity index (χ3v) is 3.88. The van der Waals surface area contributed by atoms with Gasteiger partial charge in [0.1, 0.15) is 11.6 Å². The zero-order valence-electron chi connectivity index (χ0n) is 12.5. The van der Waals surface area contributed by atoms with Crippen molar-refractivity contribution >= 4 is 0 Å². The van der Waals surface area contributed by atoms with Crippen LogP contribution in [0, 0.1) is 25.5 Å². The fourth-order valence-corrected chi connectivity index (χ4v) is 2.73. The van der Waals surface area contributed by atoms with E-state index in [0.29, 0.717) is 0 Å². The van der Waals surface area contributed by atoms with E-state index in [-0.39, 0.29) is 11.6 Å². The molecule has 3 rings (SSSR count). The molecule has 0 aliphatic carbocycles. The largest absolute Gasteiger partial charge is 0.207 e. The molecule has 0 unspecified atom stereocenters. The molecule has 0 atom stereocenters. The molecule has 0 radical (unpaired) electrons. The van der Waals surface area contributed by atoms with E-state index in [1.807, 2.05) is 13.8 Å².